The minimum atomic E-state index is -0.445. The van der Waals surface area contributed by atoms with Crippen LogP contribution in [-0.2, 0) is 0 Å². The van der Waals surface area contributed by atoms with E-state index in [0.717, 1.165) is 10.0 Å². The number of halogens is 1. The fraction of sp³-hybridized carbons (Fsp3) is 0.0476. The second-order valence-corrected chi connectivity index (χ2v) is 7.27. The van der Waals surface area contributed by atoms with Crippen molar-refractivity contribution in [3.05, 3.63) is 80.9 Å². The predicted octanol–water partition coefficient (Wildman–Crippen LogP) is 5.14. The van der Waals surface area contributed by atoms with Gasteiger partial charge in [0, 0.05) is 34.6 Å². The molecule has 0 saturated heterocycles. The minimum absolute atomic E-state index is 0.0164. The first-order valence-electron chi connectivity index (χ1n) is 8.80. The van der Waals surface area contributed by atoms with Crippen LogP contribution in [0.5, 0.6) is 11.5 Å². The van der Waals surface area contributed by atoms with Crippen LogP contribution in [0, 0.1) is 10.1 Å². The van der Waals surface area contributed by atoms with Gasteiger partial charge in [-0.25, -0.2) is 9.98 Å². The van der Waals surface area contributed by atoms with E-state index in [1.165, 1.54) is 25.3 Å². The van der Waals surface area contributed by atoms with Gasteiger partial charge in [0.2, 0.25) is 0 Å². The smallest absolute Gasteiger partial charge is 0.269 e. The quantitative estimate of drug-likeness (QED) is 0.249. The predicted molar refractivity (Wildman–Crippen MR) is 117 cm³/mol. The molecule has 0 amide bonds. The monoisotopic (exact) mass is 466 g/mol. The van der Waals surface area contributed by atoms with Crippen LogP contribution in [-0.4, -0.2) is 32.7 Å². The lowest BCUT2D eigenvalue weighted by atomic mass is 10.1. The number of nitrogens with zero attached hydrogens (tertiary/aromatic N) is 4. The lowest BCUT2D eigenvalue weighted by Crippen LogP contribution is -1.89. The molecule has 4 aromatic rings. The average Bonchev–Trinajstić information content (AvgIpc) is 3.10. The second kappa shape index (κ2) is 7.96. The van der Waals surface area contributed by atoms with Gasteiger partial charge in [0.05, 0.1) is 12.0 Å². The number of fused-ring (bicyclic) bond motifs is 1. The van der Waals surface area contributed by atoms with Gasteiger partial charge in [-0.3, -0.25) is 14.5 Å². The molecule has 2 aromatic carbocycles. The van der Waals surface area contributed by atoms with Crippen LogP contribution >= 0.6 is 15.9 Å². The first-order valence-corrected chi connectivity index (χ1v) is 9.59. The molecule has 0 aliphatic carbocycles. The summed E-state index contributed by atoms with van der Waals surface area (Å²) in [6.07, 6.45) is 3.47. The number of nitro groups is 1. The van der Waals surface area contributed by atoms with Crippen molar-refractivity contribution in [2.45, 2.75) is 0 Å². The molecule has 0 unspecified atom stereocenters. The van der Waals surface area contributed by atoms with E-state index in [1.54, 1.807) is 30.5 Å². The number of ether oxygens (including phenoxy) is 1. The fourth-order valence-electron chi connectivity index (χ4n) is 2.97. The number of aliphatic imine (C=N–C) groups is 1. The second-order valence-electron chi connectivity index (χ2n) is 6.35. The average molecular weight is 467 g/mol. The number of phenolic OH excluding ortho intramolecular Hbond substituents is 1. The molecule has 0 bridgehead atoms. The van der Waals surface area contributed by atoms with Gasteiger partial charge in [-0.2, -0.15) is 0 Å². The van der Waals surface area contributed by atoms with Crippen molar-refractivity contribution in [3.63, 3.8) is 0 Å². The van der Waals surface area contributed by atoms with Crippen LogP contribution in [0.15, 0.2) is 70.3 Å². The van der Waals surface area contributed by atoms with Gasteiger partial charge in [0.1, 0.15) is 11.3 Å². The summed E-state index contributed by atoms with van der Waals surface area (Å²) in [5, 5.41) is 20.7. The summed E-state index contributed by atoms with van der Waals surface area (Å²) in [6.45, 7) is 0. The molecule has 0 saturated carbocycles. The Labute approximate surface area is 179 Å². The number of hydrogen-bond acceptors (Lipinski definition) is 6. The fourth-order valence-corrected chi connectivity index (χ4v) is 3.30. The Kier molecular flexibility index (Phi) is 5.20. The Morgan fingerprint density at radius 3 is 2.67 bits per heavy atom. The molecular weight excluding hydrogens is 452 g/mol. The number of imidazole rings is 1. The van der Waals surface area contributed by atoms with Crippen molar-refractivity contribution < 1.29 is 14.8 Å². The van der Waals surface area contributed by atoms with Gasteiger partial charge >= 0.3 is 0 Å². The summed E-state index contributed by atoms with van der Waals surface area (Å²) in [6, 6.07) is 14.8. The Morgan fingerprint density at radius 1 is 1.20 bits per heavy atom. The Morgan fingerprint density at radius 2 is 1.97 bits per heavy atom. The lowest BCUT2D eigenvalue weighted by molar-refractivity contribution is -0.384. The number of non-ortho nitro benzene ring substituents is 1. The number of phenols is 1. The molecule has 2 aromatic heterocycles. The van der Waals surface area contributed by atoms with Crippen molar-refractivity contribution in [2.24, 2.45) is 4.99 Å². The maximum Gasteiger partial charge on any atom is 0.269 e. The third-order valence-corrected chi connectivity index (χ3v) is 4.92. The molecule has 8 nitrogen and oxygen atoms in total. The minimum Gasteiger partial charge on any atom is -0.504 e. The molecule has 0 spiro atoms. The largest absolute Gasteiger partial charge is 0.504 e. The van der Waals surface area contributed by atoms with Gasteiger partial charge < -0.3 is 9.84 Å². The highest BCUT2D eigenvalue weighted by molar-refractivity contribution is 9.10. The molecule has 0 aliphatic rings. The topological polar surface area (TPSA) is 102 Å². The maximum atomic E-state index is 10.8. The summed E-state index contributed by atoms with van der Waals surface area (Å²) in [7, 11) is 1.48. The zero-order valence-electron chi connectivity index (χ0n) is 15.7. The highest BCUT2D eigenvalue weighted by Gasteiger charge is 2.15. The van der Waals surface area contributed by atoms with E-state index in [9.17, 15) is 15.2 Å². The van der Waals surface area contributed by atoms with Gasteiger partial charge in [-0.15, -0.1) is 0 Å². The number of rotatable bonds is 5. The molecule has 0 fully saturated rings. The van der Waals surface area contributed by atoms with Gasteiger partial charge in [0.25, 0.3) is 5.69 Å². The Balaban J connectivity index is 1.84. The first-order chi connectivity index (χ1) is 14.5. The van der Waals surface area contributed by atoms with E-state index in [0.29, 0.717) is 28.5 Å². The van der Waals surface area contributed by atoms with Crippen LogP contribution in [0.1, 0.15) is 5.56 Å². The molecule has 0 aliphatic heterocycles. The summed E-state index contributed by atoms with van der Waals surface area (Å²) < 4.78 is 7.90. The number of nitro benzene ring substituents is 1. The van der Waals surface area contributed by atoms with Crippen LogP contribution in [0.3, 0.4) is 0 Å². The van der Waals surface area contributed by atoms with Crippen molar-refractivity contribution in [3.8, 4) is 22.8 Å². The molecule has 150 valence electrons. The molecule has 1 N–H and O–H groups in total. The number of pyridine rings is 1. The summed E-state index contributed by atoms with van der Waals surface area (Å²) >= 11 is 3.46. The van der Waals surface area contributed by atoms with E-state index < -0.39 is 4.92 Å². The van der Waals surface area contributed by atoms with Crippen molar-refractivity contribution in [1.82, 2.24) is 9.38 Å². The van der Waals surface area contributed by atoms with E-state index in [-0.39, 0.29) is 11.4 Å². The zero-order chi connectivity index (χ0) is 21.3. The zero-order valence-corrected chi connectivity index (χ0v) is 17.3. The number of aromatic nitrogens is 2. The Hall–Kier alpha value is -3.72. The molecule has 9 heteroatoms. The highest BCUT2D eigenvalue weighted by atomic mass is 79.9. The highest BCUT2D eigenvalue weighted by Crippen LogP contribution is 2.36. The van der Waals surface area contributed by atoms with Crippen LogP contribution in [0.4, 0.5) is 11.5 Å². The third-order valence-electron chi connectivity index (χ3n) is 4.45. The van der Waals surface area contributed by atoms with Gasteiger partial charge in [0.15, 0.2) is 17.3 Å². The summed E-state index contributed by atoms with van der Waals surface area (Å²) in [5.74, 6) is 0.928. The molecule has 2 heterocycles. The number of methoxy groups -OCH3 is 1. The lowest BCUT2D eigenvalue weighted by Gasteiger charge is -2.06. The number of hydrogen-bond donors (Lipinski definition) is 1. The SMILES string of the molecule is COc1cc(-c2nc3ccc(Br)cn3c2N=Cc2ccc([N+](=O)[O-])cc2)ccc1O. The Bertz CT molecular complexity index is 1280. The van der Waals surface area contributed by atoms with E-state index in [1.807, 2.05) is 22.7 Å². The van der Waals surface area contributed by atoms with E-state index in [2.05, 4.69) is 25.9 Å². The van der Waals surface area contributed by atoms with E-state index >= 15 is 0 Å². The maximum absolute atomic E-state index is 10.8. The number of aromatic hydroxyl groups is 1. The van der Waals surface area contributed by atoms with Crippen LogP contribution in [0.2, 0.25) is 0 Å². The van der Waals surface area contributed by atoms with Crippen LogP contribution in [0.25, 0.3) is 16.9 Å². The summed E-state index contributed by atoms with van der Waals surface area (Å²) in [5.41, 5.74) is 2.74. The molecule has 0 radical (unpaired) electrons. The van der Waals surface area contributed by atoms with E-state index in [4.69, 9.17) is 4.74 Å². The van der Waals surface area contributed by atoms with Crippen molar-refractivity contribution in [2.75, 3.05) is 7.11 Å². The van der Waals surface area contributed by atoms with Gasteiger partial charge in [-0.1, -0.05) is 0 Å². The molecule has 0 atom stereocenters. The van der Waals surface area contributed by atoms with Gasteiger partial charge in [-0.05, 0) is 64.0 Å². The van der Waals surface area contributed by atoms with Crippen molar-refractivity contribution in [1.29, 1.82) is 0 Å². The molecule has 4 rings (SSSR count). The summed E-state index contributed by atoms with van der Waals surface area (Å²) in [4.78, 5) is 19.7. The normalized spacial score (nSPS) is 11.3. The van der Waals surface area contributed by atoms with Crippen LogP contribution < -0.4 is 4.74 Å². The third kappa shape index (κ3) is 3.74. The molecular formula is C21H15BrN4O4. The van der Waals surface area contributed by atoms with Crippen molar-refractivity contribution >= 4 is 39.3 Å². The first kappa shape index (κ1) is 19.6. The molecule has 30 heavy (non-hydrogen) atoms. The number of benzene rings is 2. The standard InChI is InChI=1S/C21H15BrN4O4/c1-30-18-10-14(4-8-17(18)27)20-21(25-12-15(22)5-9-19(25)24-20)23-11-13-2-6-16(7-3-13)26(28)29/h2-12,27H,1H3.